The van der Waals surface area contributed by atoms with Crippen LogP contribution < -0.4 is 11.1 Å². The van der Waals surface area contributed by atoms with E-state index in [0.717, 1.165) is 0 Å². The Balaban J connectivity index is 2.54. The molecule has 0 saturated heterocycles. The fraction of sp³-hybridized carbons (Fsp3) is 0.500. The van der Waals surface area contributed by atoms with Crippen LogP contribution in [0.25, 0.3) is 0 Å². The van der Waals surface area contributed by atoms with Crippen molar-refractivity contribution in [1.29, 1.82) is 0 Å². The first-order valence-electron chi connectivity index (χ1n) is 5.06. The first-order chi connectivity index (χ1) is 7.80. The summed E-state index contributed by atoms with van der Waals surface area (Å²) in [5.74, 6) is -0.267. The molecule has 0 aliphatic rings. The van der Waals surface area contributed by atoms with Gasteiger partial charge in [-0.3, -0.25) is 14.9 Å². The van der Waals surface area contributed by atoms with E-state index in [0.29, 0.717) is 12.3 Å². The van der Waals surface area contributed by atoms with Gasteiger partial charge in [0.15, 0.2) is 0 Å². The minimum Gasteiger partial charge on any atom is -0.404 e. The van der Waals surface area contributed by atoms with Gasteiger partial charge in [0.2, 0.25) is 5.91 Å². The Bertz CT molecular complexity index is 425. The van der Waals surface area contributed by atoms with Gasteiger partial charge in [-0.2, -0.15) is 0 Å². The van der Waals surface area contributed by atoms with Gasteiger partial charge in [-0.05, 0) is 19.9 Å². The number of amides is 1. The van der Waals surface area contributed by atoms with E-state index in [9.17, 15) is 14.9 Å². The van der Waals surface area contributed by atoms with Crippen molar-refractivity contribution in [3.8, 4) is 0 Å². The predicted octanol–water partition coefficient (Wildman–Crippen LogP) is 0.931. The Morgan fingerprint density at radius 1 is 1.59 bits per heavy atom. The van der Waals surface area contributed by atoms with Crippen molar-refractivity contribution in [2.24, 2.45) is 5.73 Å². The van der Waals surface area contributed by atoms with E-state index in [1.54, 1.807) is 0 Å². The first kappa shape index (κ1) is 13.2. The fourth-order valence-electron chi connectivity index (χ4n) is 1.38. The van der Waals surface area contributed by atoms with Crippen LogP contribution in [0, 0.1) is 10.1 Å². The van der Waals surface area contributed by atoms with E-state index in [1.165, 1.54) is 12.1 Å². The summed E-state index contributed by atoms with van der Waals surface area (Å²) < 4.78 is 4.97. The summed E-state index contributed by atoms with van der Waals surface area (Å²) in [5.41, 5.74) is 4.62. The summed E-state index contributed by atoms with van der Waals surface area (Å²) in [7, 11) is 0. The third kappa shape index (κ3) is 4.23. The third-order valence-electron chi connectivity index (χ3n) is 2.18. The number of furan rings is 1. The molecule has 1 aromatic heterocycles. The molecule has 0 aliphatic carbocycles. The Kier molecular flexibility index (Phi) is 3.84. The highest BCUT2D eigenvalue weighted by Gasteiger charge is 2.21. The lowest BCUT2D eigenvalue weighted by atomic mass is 10.0. The molecule has 7 heteroatoms. The van der Waals surface area contributed by atoms with Gasteiger partial charge in [-0.25, -0.2) is 0 Å². The smallest absolute Gasteiger partial charge is 0.404 e. The van der Waals surface area contributed by atoms with Crippen molar-refractivity contribution in [3.63, 3.8) is 0 Å². The fourth-order valence-corrected chi connectivity index (χ4v) is 1.38. The zero-order valence-corrected chi connectivity index (χ0v) is 9.73. The topological polar surface area (TPSA) is 111 Å². The number of nitrogens with two attached hydrogens (primary N) is 1. The lowest BCUT2D eigenvalue weighted by Gasteiger charge is -2.24. The van der Waals surface area contributed by atoms with Crippen molar-refractivity contribution in [1.82, 2.24) is 5.32 Å². The summed E-state index contributed by atoms with van der Waals surface area (Å²) in [6, 6.07) is 2.81. The van der Waals surface area contributed by atoms with E-state index >= 15 is 0 Å². The summed E-state index contributed by atoms with van der Waals surface area (Å²) in [4.78, 5) is 20.6. The van der Waals surface area contributed by atoms with Gasteiger partial charge in [0.05, 0.1) is 12.6 Å². The molecule has 0 fully saturated rings. The van der Waals surface area contributed by atoms with Crippen LogP contribution in [0.3, 0.4) is 0 Å². The molecule has 0 bridgehead atoms. The molecular formula is C10H15N3O4. The minimum absolute atomic E-state index is 0.176. The molecule has 0 spiro atoms. The van der Waals surface area contributed by atoms with E-state index in [1.807, 2.05) is 13.8 Å². The average molecular weight is 241 g/mol. The highest BCUT2D eigenvalue weighted by molar-refractivity contribution is 5.74. The van der Waals surface area contributed by atoms with Gasteiger partial charge < -0.3 is 15.5 Å². The number of rotatable bonds is 6. The van der Waals surface area contributed by atoms with Crippen LogP contribution in [0.1, 0.15) is 26.0 Å². The molecule has 3 N–H and O–H groups in total. The van der Waals surface area contributed by atoms with Gasteiger partial charge in [-0.15, -0.1) is 0 Å². The van der Waals surface area contributed by atoms with Crippen molar-refractivity contribution < 1.29 is 14.1 Å². The Hall–Kier alpha value is -1.89. The van der Waals surface area contributed by atoms with Gasteiger partial charge in [0, 0.05) is 12.0 Å². The quantitative estimate of drug-likeness (QED) is 0.568. The molecule has 1 rings (SSSR count). The molecule has 0 saturated carbocycles. The monoisotopic (exact) mass is 241 g/mol. The van der Waals surface area contributed by atoms with Gasteiger partial charge in [-0.1, -0.05) is 0 Å². The highest BCUT2D eigenvalue weighted by Crippen LogP contribution is 2.16. The van der Waals surface area contributed by atoms with E-state index < -0.39 is 16.4 Å². The molecule has 1 amide bonds. The molecule has 0 unspecified atom stereocenters. The largest absolute Gasteiger partial charge is 0.433 e. The number of hydrogen-bond donors (Lipinski definition) is 2. The SMILES string of the molecule is CC(C)(CC(N)=O)NCc1ccc([N+](=O)[O-])o1. The molecule has 0 aliphatic heterocycles. The maximum atomic E-state index is 10.8. The summed E-state index contributed by atoms with van der Waals surface area (Å²) >= 11 is 0. The number of hydrogen-bond acceptors (Lipinski definition) is 5. The van der Waals surface area contributed by atoms with Crippen LogP contribution in [-0.4, -0.2) is 16.4 Å². The third-order valence-corrected chi connectivity index (χ3v) is 2.18. The van der Waals surface area contributed by atoms with E-state index in [2.05, 4.69) is 5.32 Å². The average Bonchev–Trinajstić information content (AvgIpc) is 2.61. The standard InChI is InChI=1S/C10H15N3O4/c1-10(2,5-8(11)14)12-6-7-3-4-9(17-7)13(15)16/h3-4,12H,5-6H2,1-2H3,(H2,11,14). The zero-order valence-electron chi connectivity index (χ0n) is 9.73. The van der Waals surface area contributed by atoms with Crippen molar-refractivity contribution >= 4 is 11.8 Å². The number of carbonyl (C=O) groups is 1. The van der Waals surface area contributed by atoms with Crippen molar-refractivity contribution in [2.45, 2.75) is 32.4 Å². The molecular weight excluding hydrogens is 226 g/mol. The molecule has 17 heavy (non-hydrogen) atoms. The maximum Gasteiger partial charge on any atom is 0.433 e. The van der Waals surface area contributed by atoms with Crippen LogP contribution in [0.15, 0.2) is 16.5 Å². The number of nitrogens with zero attached hydrogens (tertiary/aromatic N) is 1. The van der Waals surface area contributed by atoms with E-state index in [-0.39, 0.29) is 12.3 Å². The minimum atomic E-state index is -0.599. The summed E-state index contributed by atoms with van der Waals surface area (Å²) in [6.07, 6.45) is 0.176. The second-order valence-electron chi connectivity index (χ2n) is 4.38. The lowest BCUT2D eigenvalue weighted by molar-refractivity contribution is -0.402. The van der Waals surface area contributed by atoms with Crippen molar-refractivity contribution in [3.05, 3.63) is 28.0 Å². The highest BCUT2D eigenvalue weighted by atomic mass is 16.6. The maximum absolute atomic E-state index is 10.8. The van der Waals surface area contributed by atoms with E-state index in [4.69, 9.17) is 10.2 Å². The second kappa shape index (κ2) is 4.96. The van der Waals surface area contributed by atoms with Gasteiger partial charge in [0.25, 0.3) is 0 Å². The Labute approximate surface area is 98.1 Å². The molecule has 0 aromatic carbocycles. The predicted molar refractivity (Wildman–Crippen MR) is 60.1 cm³/mol. The van der Waals surface area contributed by atoms with Crippen LogP contribution in [0.2, 0.25) is 0 Å². The van der Waals surface area contributed by atoms with Crippen LogP contribution >= 0.6 is 0 Å². The van der Waals surface area contributed by atoms with Crippen LogP contribution in [0.5, 0.6) is 0 Å². The molecule has 1 aromatic rings. The molecule has 7 nitrogen and oxygen atoms in total. The number of nitro groups is 1. The van der Waals surface area contributed by atoms with Crippen molar-refractivity contribution in [2.75, 3.05) is 0 Å². The molecule has 0 atom stereocenters. The number of primary amides is 1. The Morgan fingerprint density at radius 3 is 2.71 bits per heavy atom. The second-order valence-corrected chi connectivity index (χ2v) is 4.38. The molecule has 0 radical (unpaired) electrons. The molecule has 94 valence electrons. The van der Waals surface area contributed by atoms with Gasteiger partial charge in [0.1, 0.15) is 10.7 Å². The van der Waals surface area contributed by atoms with Crippen LogP contribution in [-0.2, 0) is 11.3 Å². The summed E-state index contributed by atoms with van der Waals surface area (Å²) in [5, 5.41) is 13.4. The Morgan fingerprint density at radius 2 is 2.24 bits per heavy atom. The summed E-state index contributed by atoms with van der Waals surface area (Å²) in [6.45, 7) is 3.93. The van der Waals surface area contributed by atoms with Crippen LogP contribution in [0.4, 0.5) is 5.88 Å². The van der Waals surface area contributed by atoms with Gasteiger partial charge >= 0.3 is 5.88 Å². The number of nitrogens with one attached hydrogen (secondary N) is 1. The lowest BCUT2D eigenvalue weighted by Crippen LogP contribution is -2.42. The first-order valence-corrected chi connectivity index (χ1v) is 5.06. The normalized spacial score (nSPS) is 11.4. The molecule has 1 heterocycles. The number of carbonyl (C=O) groups excluding carboxylic acids is 1. The zero-order chi connectivity index (χ0) is 13.1.